The minimum absolute atomic E-state index is 0.00172. The second kappa shape index (κ2) is 5.43. The van der Waals surface area contributed by atoms with Gasteiger partial charge >= 0.3 is 0 Å². The molecule has 2 amide bonds. The van der Waals surface area contributed by atoms with E-state index in [1.54, 1.807) is 4.68 Å². The summed E-state index contributed by atoms with van der Waals surface area (Å²) in [4.78, 5) is 29.3. The summed E-state index contributed by atoms with van der Waals surface area (Å²) in [6, 6.07) is 9.89. The van der Waals surface area contributed by atoms with E-state index in [0.717, 1.165) is 29.8 Å². The van der Waals surface area contributed by atoms with Gasteiger partial charge in [0.25, 0.3) is 5.91 Å². The molecule has 2 fully saturated rings. The highest BCUT2D eigenvalue weighted by molar-refractivity contribution is 5.99. The summed E-state index contributed by atoms with van der Waals surface area (Å²) >= 11 is 0. The summed E-state index contributed by atoms with van der Waals surface area (Å²) in [6.07, 6.45) is 2.05. The van der Waals surface area contributed by atoms with Crippen molar-refractivity contribution in [2.24, 2.45) is 5.92 Å². The van der Waals surface area contributed by atoms with E-state index in [2.05, 4.69) is 12.0 Å². The predicted molar refractivity (Wildman–Crippen MR) is 96.0 cm³/mol. The van der Waals surface area contributed by atoms with Gasteiger partial charge in [0.1, 0.15) is 5.69 Å². The molecule has 6 nitrogen and oxygen atoms in total. The summed E-state index contributed by atoms with van der Waals surface area (Å²) in [5.41, 5.74) is 3.50. The van der Waals surface area contributed by atoms with Crippen molar-refractivity contribution in [1.29, 1.82) is 0 Å². The molecule has 5 rings (SSSR count). The van der Waals surface area contributed by atoms with E-state index >= 15 is 0 Å². The van der Waals surface area contributed by atoms with E-state index in [0.29, 0.717) is 18.8 Å². The molecule has 3 heterocycles. The summed E-state index contributed by atoms with van der Waals surface area (Å²) < 4.78 is 1.77. The van der Waals surface area contributed by atoms with Gasteiger partial charge in [-0.3, -0.25) is 9.59 Å². The number of aryl methyl sites for hydroxylation is 1. The first kappa shape index (κ1) is 15.6. The fourth-order valence-electron chi connectivity index (χ4n) is 4.32. The standard InChI is InChI=1S/C20H22N4O2/c1-12-17-13(2)23(16-10-22(11-16)19(25)14-8-9-14)20(26)18(17)24(21-12)15-6-4-3-5-7-15/h3-7,13-14,16H,8-11H2,1-2H3. The smallest absolute Gasteiger partial charge is 0.273 e. The Balaban J connectivity index is 1.43. The number of fused-ring (bicyclic) bond motifs is 1. The number of carbonyl (C=O) groups is 2. The number of rotatable bonds is 3. The van der Waals surface area contributed by atoms with Crippen LogP contribution in [0.4, 0.5) is 0 Å². The van der Waals surface area contributed by atoms with Crippen LogP contribution >= 0.6 is 0 Å². The van der Waals surface area contributed by atoms with Crippen molar-refractivity contribution in [2.75, 3.05) is 13.1 Å². The van der Waals surface area contributed by atoms with E-state index in [1.807, 2.05) is 47.1 Å². The summed E-state index contributed by atoms with van der Waals surface area (Å²) in [7, 11) is 0. The number of benzene rings is 1. The summed E-state index contributed by atoms with van der Waals surface area (Å²) in [6.45, 7) is 5.36. The molecule has 0 bridgehead atoms. The number of nitrogens with zero attached hydrogens (tertiary/aromatic N) is 4. The Bertz CT molecular complexity index is 894. The highest BCUT2D eigenvalue weighted by Crippen LogP contribution is 2.40. The van der Waals surface area contributed by atoms with Gasteiger partial charge in [0.05, 0.1) is 23.5 Å². The largest absolute Gasteiger partial charge is 0.338 e. The summed E-state index contributed by atoms with van der Waals surface area (Å²) in [5, 5.41) is 4.62. The first-order valence-electron chi connectivity index (χ1n) is 9.32. The molecule has 3 aliphatic rings. The molecular formula is C20H22N4O2. The zero-order valence-electron chi connectivity index (χ0n) is 15.1. The minimum Gasteiger partial charge on any atom is -0.338 e. The van der Waals surface area contributed by atoms with E-state index in [1.165, 1.54) is 0 Å². The van der Waals surface area contributed by atoms with Gasteiger partial charge in [0, 0.05) is 24.6 Å². The average Bonchev–Trinajstić information content (AvgIpc) is 3.35. The lowest BCUT2D eigenvalue weighted by Gasteiger charge is -2.45. The zero-order valence-corrected chi connectivity index (χ0v) is 15.1. The third kappa shape index (κ3) is 2.14. The molecule has 0 N–H and O–H groups in total. The molecule has 134 valence electrons. The Labute approximate surface area is 152 Å². The molecule has 2 aromatic rings. The van der Waals surface area contributed by atoms with Crippen LogP contribution in [0, 0.1) is 12.8 Å². The number of carbonyl (C=O) groups excluding carboxylic acids is 2. The van der Waals surface area contributed by atoms with Crippen LogP contribution < -0.4 is 0 Å². The van der Waals surface area contributed by atoms with Crippen molar-refractivity contribution in [3.05, 3.63) is 47.3 Å². The summed E-state index contributed by atoms with van der Waals surface area (Å²) in [5.74, 6) is 0.541. The van der Waals surface area contributed by atoms with Crippen LogP contribution in [0.1, 0.15) is 47.6 Å². The lowest BCUT2D eigenvalue weighted by molar-refractivity contribution is -0.139. The van der Waals surface area contributed by atoms with E-state index in [-0.39, 0.29) is 29.8 Å². The SMILES string of the molecule is Cc1nn(-c2ccccc2)c2c1C(C)N(C1CN(C(=O)C3CC3)C1)C2=O. The van der Waals surface area contributed by atoms with Gasteiger partial charge in [-0.15, -0.1) is 0 Å². The number of amides is 2. The van der Waals surface area contributed by atoms with Crippen LogP contribution in [0.25, 0.3) is 5.69 Å². The zero-order chi connectivity index (χ0) is 18.0. The Kier molecular flexibility index (Phi) is 3.26. The van der Waals surface area contributed by atoms with Crippen LogP contribution in [0.2, 0.25) is 0 Å². The second-order valence-corrected chi connectivity index (χ2v) is 7.65. The van der Waals surface area contributed by atoms with Gasteiger partial charge in [0.2, 0.25) is 5.91 Å². The first-order chi connectivity index (χ1) is 12.6. The average molecular weight is 350 g/mol. The van der Waals surface area contributed by atoms with Crippen molar-refractivity contribution in [3.8, 4) is 5.69 Å². The maximum atomic E-state index is 13.2. The molecule has 26 heavy (non-hydrogen) atoms. The molecule has 6 heteroatoms. The Morgan fingerprint density at radius 3 is 2.50 bits per heavy atom. The molecule has 0 spiro atoms. The fraction of sp³-hybridized carbons (Fsp3) is 0.450. The van der Waals surface area contributed by atoms with Crippen LogP contribution in [0.15, 0.2) is 30.3 Å². The normalized spacial score (nSPS) is 22.5. The number of aromatic nitrogens is 2. The minimum atomic E-state index is -0.00172. The highest BCUT2D eigenvalue weighted by atomic mass is 16.2. The van der Waals surface area contributed by atoms with Gasteiger partial charge in [-0.05, 0) is 38.8 Å². The quantitative estimate of drug-likeness (QED) is 0.854. The maximum absolute atomic E-state index is 13.2. The molecule has 1 aromatic carbocycles. The second-order valence-electron chi connectivity index (χ2n) is 7.65. The number of hydrogen-bond donors (Lipinski definition) is 0. The number of hydrogen-bond acceptors (Lipinski definition) is 3. The Morgan fingerprint density at radius 2 is 1.85 bits per heavy atom. The van der Waals surface area contributed by atoms with Crippen molar-refractivity contribution in [1.82, 2.24) is 19.6 Å². The van der Waals surface area contributed by atoms with Crippen LogP contribution in [0.5, 0.6) is 0 Å². The Hall–Kier alpha value is -2.63. The van der Waals surface area contributed by atoms with E-state index in [4.69, 9.17) is 0 Å². The third-order valence-electron chi connectivity index (χ3n) is 5.87. The topological polar surface area (TPSA) is 58.4 Å². The van der Waals surface area contributed by atoms with Crippen molar-refractivity contribution in [2.45, 2.75) is 38.8 Å². The van der Waals surface area contributed by atoms with Gasteiger partial charge in [-0.25, -0.2) is 4.68 Å². The van der Waals surface area contributed by atoms with E-state index in [9.17, 15) is 9.59 Å². The predicted octanol–water partition coefficient (Wildman–Crippen LogP) is 2.32. The van der Waals surface area contributed by atoms with Gasteiger partial charge in [-0.1, -0.05) is 18.2 Å². The highest BCUT2D eigenvalue weighted by Gasteiger charge is 2.48. The maximum Gasteiger partial charge on any atom is 0.273 e. The van der Waals surface area contributed by atoms with Crippen LogP contribution in [0.3, 0.4) is 0 Å². The van der Waals surface area contributed by atoms with Crippen molar-refractivity contribution < 1.29 is 9.59 Å². The van der Waals surface area contributed by atoms with E-state index < -0.39 is 0 Å². The van der Waals surface area contributed by atoms with Crippen molar-refractivity contribution >= 4 is 11.8 Å². The van der Waals surface area contributed by atoms with Crippen LogP contribution in [-0.2, 0) is 4.79 Å². The molecule has 1 saturated carbocycles. The molecule has 1 unspecified atom stereocenters. The third-order valence-corrected chi connectivity index (χ3v) is 5.87. The fourth-order valence-corrected chi connectivity index (χ4v) is 4.32. The molecule has 1 saturated heterocycles. The van der Waals surface area contributed by atoms with Gasteiger partial charge in [-0.2, -0.15) is 5.10 Å². The number of likely N-dealkylation sites (tertiary alicyclic amines) is 1. The molecule has 0 radical (unpaired) electrons. The number of para-hydroxylation sites is 1. The first-order valence-corrected chi connectivity index (χ1v) is 9.32. The monoisotopic (exact) mass is 350 g/mol. The lowest BCUT2D eigenvalue weighted by Crippen LogP contribution is -2.62. The lowest BCUT2D eigenvalue weighted by atomic mass is 10.0. The molecular weight excluding hydrogens is 328 g/mol. The molecule has 1 aliphatic carbocycles. The van der Waals surface area contributed by atoms with Gasteiger partial charge in [0.15, 0.2) is 0 Å². The molecule has 1 aromatic heterocycles. The Morgan fingerprint density at radius 1 is 1.15 bits per heavy atom. The van der Waals surface area contributed by atoms with Crippen molar-refractivity contribution in [3.63, 3.8) is 0 Å². The van der Waals surface area contributed by atoms with Crippen LogP contribution in [-0.4, -0.2) is 50.5 Å². The molecule has 1 atom stereocenters. The van der Waals surface area contributed by atoms with Gasteiger partial charge < -0.3 is 9.80 Å². The molecule has 2 aliphatic heterocycles.